The van der Waals surface area contributed by atoms with E-state index in [4.69, 9.17) is 37.9 Å². The molecule has 2 amide bonds. The van der Waals surface area contributed by atoms with E-state index in [9.17, 15) is 9.59 Å². The van der Waals surface area contributed by atoms with Crippen LogP contribution in [0.1, 0.15) is 61.4 Å². The molecular formula is C38H40Cl2N6O3. The van der Waals surface area contributed by atoms with Gasteiger partial charge in [-0.3, -0.25) is 14.6 Å². The second kappa shape index (κ2) is 14.8. The zero-order valence-electron chi connectivity index (χ0n) is 27.5. The highest BCUT2D eigenvalue weighted by atomic mass is 35.5. The van der Waals surface area contributed by atoms with Crippen molar-refractivity contribution in [3.63, 3.8) is 0 Å². The fraction of sp³-hybridized carbons (Fsp3) is 0.368. The van der Waals surface area contributed by atoms with Crippen molar-refractivity contribution in [1.82, 2.24) is 31.2 Å². The smallest absolute Gasteiger partial charge is 0.220 e. The SMILES string of the molecule is COc1nc(-c2cccc(-c3cccc(-c4ccc5c(n4)CCC[C@H]5NC[C@H]4CCC(=O)N4)c3Cl)c2Cl)ccc1CNC[C@@H]1CCC(=O)N1. The van der Waals surface area contributed by atoms with E-state index in [1.165, 1.54) is 5.56 Å². The Hall–Kier alpha value is -4.02. The summed E-state index contributed by atoms with van der Waals surface area (Å²) in [5.74, 6) is 0.759. The molecule has 4 aromatic rings. The number of aromatic nitrogens is 2. The Morgan fingerprint density at radius 2 is 1.37 bits per heavy atom. The second-order valence-corrected chi connectivity index (χ2v) is 13.8. The topological polar surface area (TPSA) is 117 Å². The molecule has 3 aliphatic rings. The van der Waals surface area contributed by atoms with Crippen LogP contribution in [0.5, 0.6) is 5.88 Å². The van der Waals surface area contributed by atoms with Crippen molar-refractivity contribution in [2.45, 2.75) is 69.6 Å². The summed E-state index contributed by atoms with van der Waals surface area (Å²) >= 11 is 14.3. The normalized spacial score (nSPS) is 20.2. The van der Waals surface area contributed by atoms with Crippen LogP contribution in [0.3, 0.4) is 0 Å². The van der Waals surface area contributed by atoms with Gasteiger partial charge in [-0.05, 0) is 49.8 Å². The molecule has 3 atom stereocenters. The summed E-state index contributed by atoms with van der Waals surface area (Å²) in [6.07, 6.45) is 5.91. The Labute approximate surface area is 296 Å². The quantitative estimate of drug-likeness (QED) is 0.143. The minimum atomic E-state index is 0.105. The highest BCUT2D eigenvalue weighted by molar-refractivity contribution is 6.39. The largest absolute Gasteiger partial charge is 0.481 e. The van der Waals surface area contributed by atoms with E-state index in [1.807, 2.05) is 48.5 Å². The number of hydrogen-bond acceptors (Lipinski definition) is 7. The summed E-state index contributed by atoms with van der Waals surface area (Å²) in [5.41, 5.74) is 7.98. The van der Waals surface area contributed by atoms with Crippen LogP contribution >= 0.6 is 23.2 Å². The van der Waals surface area contributed by atoms with E-state index >= 15 is 0 Å². The second-order valence-electron chi connectivity index (χ2n) is 13.0. The number of ether oxygens (including phenoxy) is 1. The van der Waals surface area contributed by atoms with Gasteiger partial charge in [0.1, 0.15) is 0 Å². The minimum Gasteiger partial charge on any atom is -0.481 e. The molecule has 2 fully saturated rings. The number of pyridine rings is 2. The zero-order valence-corrected chi connectivity index (χ0v) is 29.0. The standard InChI is InChI=1S/C38H40Cl2N6O3/c1-49-38-22(19-41-20-23-12-17-34(47)43-23)11-15-33(46-38)29-8-3-6-26(37(29)40)25-5-2-7-28(36(25)39)32-16-14-27-30(9-4-10-31(27)45-32)42-21-24-13-18-35(48)44-24/h2-3,5-8,11,14-16,23-24,30,41-42H,4,9-10,12-13,17-21H2,1H3,(H,43,47)(H,44,48)/t23-,24+,30+/m0/s1. The maximum absolute atomic E-state index is 11.6. The molecule has 4 heterocycles. The van der Waals surface area contributed by atoms with Crippen molar-refractivity contribution in [2.24, 2.45) is 0 Å². The molecule has 0 saturated carbocycles. The van der Waals surface area contributed by atoms with E-state index < -0.39 is 0 Å². The molecule has 2 aromatic carbocycles. The van der Waals surface area contributed by atoms with Crippen LogP contribution in [0.15, 0.2) is 60.7 Å². The molecule has 0 bridgehead atoms. The number of carbonyl (C=O) groups excluding carboxylic acids is 2. The highest BCUT2D eigenvalue weighted by Crippen LogP contribution is 2.42. The van der Waals surface area contributed by atoms with Gasteiger partial charge in [-0.1, -0.05) is 71.7 Å². The first-order valence-corrected chi connectivity index (χ1v) is 17.8. The lowest BCUT2D eigenvalue weighted by molar-refractivity contribution is -0.120. The molecule has 7 rings (SSSR count). The maximum Gasteiger partial charge on any atom is 0.220 e. The van der Waals surface area contributed by atoms with E-state index in [-0.39, 0.29) is 29.9 Å². The van der Waals surface area contributed by atoms with Gasteiger partial charge in [0.2, 0.25) is 17.7 Å². The third-order valence-electron chi connectivity index (χ3n) is 9.75. The zero-order chi connectivity index (χ0) is 33.9. The number of amides is 2. The molecule has 2 aromatic heterocycles. The van der Waals surface area contributed by atoms with Gasteiger partial charge in [0.05, 0.1) is 28.5 Å². The molecule has 49 heavy (non-hydrogen) atoms. The van der Waals surface area contributed by atoms with Gasteiger partial charge >= 0.3 is 0 Å². The molecule has 11 heteroatoms. The van der Waals surface area contributed by atoms with Gasteiger partial charge in [0.25, 0.3) is 0 Å². The number of carbonyl (C=O) groups is 2. The predicted molar refractivity (Wildman–Crippen MR) is 193 cm³/mol. The number of halogens is 2. The fourth-order valence-electron chi connectivity index (χ4n) is 7.15. The average Bonchev–Trinajstić information content (AvgIpc) is 3.74. The lowest BCUT2D eigenvalue weighted by Gasteiger charge is -2.27. The monoisotopic (exact) mass is 698 g/mol. The van der Waals surface area contributed by atoms with Crippen molar-refractivity contribution in [2.75, 3.05) is 20.2 Å². The van der Waals surface area contributed by atoms with Crippen LogP contribution in [0.4, 0.5) is 0 Å². The van der Waals surface area contributed by atoms with Crippen molar-refractivity contribution in [3.8, 4) is 39.5 Å². The summed E-state index contributed by atoms with van der Waals surface area (Å²) in [6, 6.07) is 20.6. The van der Waals surface area contributed by atoms with Crippen LogP contribution in [0.25, 0.3) is 33.6 Å². The Morgan fingerprint density at radius 3 is 2.00 bits per heavy atom. The number of aryl methyl sites for hydroxylation is 1. The first-order valence-electron chi connectivity index (χ1n) is 17.0. The summed E-state index contributed by atoms with van der Waals surface area (Å²) < 4.78 is 5.66. The lowest BCUT2D eigenvalue weighted by Crippen LogP contribution is -2.38. The highest BCUT2D eigenvalue weighted by Gasteiger charge is 2.26. The first kappa shape index (κ1) is 33.5. The van der Waals surface area contributed by atoms with Crippen LogP contribution in [0.2, 0.25) is 10.0 Å². The molecule has 0 spiro atoms. The van der Waals surface area contributed by atoms with E-state index in [1.54, 1.807) is 7.11 Å². The summed E-state index contributed by atoms with van der Waals surface area (Å²) in [5, 5.41) is 14.2. The van der Waals surface area contributed by atoms with Crippen LogP contribution in [-0.4, -0.2) is 54.1 Å². The van der Waals surface area contributed by atoms with Crippen LogP contribution in [0, 0.1) is 0 Å². The van der Waals surface area contributed by atoms with Crippen molar-refractivity contribution in [3.05, 3.63) is 87.5 Å². The Morgan fingerprint density at radius 1 is 0.755 bits per heavy atom. The molecule has 0 unspecified atom stereocenters. The van der Waals surface area contributed by atoms with Gasteiger partial charge in [-0.15, -0.1) is 0 Å². The van der Waals surface area contributed by atoms with Gasteiger partial charge < -0.3 is 26.0 Å². The van der Waals surface area contributed by atoms with E-state index in [2.05, 4.69) is 33.4 Å². The number of nitrogens with zero attached hydrogens (tertiary/aromatic N) is 2. The Bertz CT molecular complexity index is 1880. The maximum atomic E-state index is 11.6. The summed E-state index contributed by atoms with van der Waals surface area (Å²) in [4.78, 5) is 33.1. The molecule has 9 nitrogen and oxygen atoms in total. The van der Waals surface area contributed by atoms with Gasteiger partial charge in [0.15, 0.2) is 0 Å². The Balaban J connectivity index is 1.10. The molecule has 2 aliphatic heterocycles. The molecule has 0 radical (unpaired) electrons. The number of rotatable bonds is 11. The molecule has 254 valence electrons. The van der Waals surface area contributed by atoms with Gasteiger partial charge in [-0.25, -0.2) is 4.98 Å². The number of methoxy groups -OCH3 is 1. The Kier molecular flexibility index (Phi) is 10.1. The van der Waals surface area contributed by atoms with Crippen LogP contribution in [-0.2, 0) is 22.6 Å². The molecule has 4 N–H and O–H groups in total. The van der Waals surface area contributed by atoms with E-state index in [0.29, 0.717) is 47.6 Å². The predicted octanol–water partition coefficient (Wildman–Crippen LogP) is 6.41. The summed E-state index contributed by atoms with van der Waals surface area (Å²) in [6.45, 7) is 2.01. The number of fused-ring (bicyclic) bond motifs is 1. The van der Waals surface area contributed by atoms with Crippen molar-refractivity contribution >= 4 is 35.0 Å². The lowest BCUT2D eigenvalue weighted by atomic mass is 9.90. The molecule has 1 aliphatic carbocycles. The molecular weight excluding hydrogens is 659 g/mol. The third-order valence-corrected chi connectivity index (χ3v) is 10.6. The van der Waals surface area contributed by atoms with Crippen molar-refractivity contribution in [1.29, 1.82) is 0 Å². The fourth-order valence-corrected chi connectivity index (χ4v) is 7.80. The number of hydrogen-bond donors (Lipinski definition) is 4. The molecule has 2 saturated heterocycles. The van der Waals surface area contributed by atoms with Gasteiger partial charge in [0, 0.05) is 84.1 Å². The van der Waals surface area contributed by atoms with Crippen molar-refractivity contribution < 1.29 is 14.3 Å². The van der Waals surface area contributed by atoms with E-state index in [0.717, 1.165) is 77.9 Å². The third kappa shape index (κ3) is 7.31. The average molecular weight is 700 g/mol. The number of benzene rings is 2. The first-order chi connectivity index (χ1) is 23.9. The minimum absolute atomic E-state index is 0.105. The number of nitrogens with one attached hydrogen (secondary N) is 4. The van der Waals surface area contributed by atoms with Crippen LogP contribution < -0.4 is 26.0 Å². The van der Waals surface area contributed by atoms with Gasteiger partial charge in [-0.2, -0.15) is 0 Å². The summed E-state index contributed by atoms with van der Waals surface area (Å²) in [7, 11) is 1.61.